The van der Waals surface area contributed by atoms with Crippen molar-refractivity contribution in [3.05, 3.63) is 29.8 Å². The number of hydrogen-bond donors (Lipinski definition) is 1. The number of rotatable bonds is 5. The highest BCUT2D eigenvalue weighted by molar-refractivity contribution is 5.94. The van der Waals surface area contributed by atoms with Crippen LogP contribution < -0.4 is 10.5 Å². The average molecular weight is 304 g/mol. The smallest absolute Gasteiger partial charge is 0.260 e. The second-order valence-electron chi connectivity index (χ2n) is 5.97. The number of Topliss-reactive ketones (excluding diaryl/α,β-unsaturated/α-hetero) is 1. The molecule has 5 nitrogen and oxygen atoms in total. The van der Waals surface area contributed by atoms with Gasteiger partial charge in [0.05, 0.1) is 0 Å². The van der Waals surface area contributed by atoms with Crippen molar-refractivity contribution < 1.29 is 14.3 Å². The molecule has 2 rings (SSSR count). The van der Waals surface area contributed by atoms with Crippen LogP contribution in [0.4, 0.5) is 0 Å². The number of amides is 1. The summed E-state index contributed by atoms with van der Waals surface area (Å²) in [7, 11) is 0. The topological polar surface area (TPSA) is 72.6 Å². The van der Waals surface area contributed by atoms with Crippen LogP contribution in [0.2, 0.25) is 0 Å². The number of ether oxygens (including phenoxy) is 1. The van der Waals surface area contributed by atoms with E-state index in [0.717, 1.165) is 19.4 Å². The fraction of sp³-hybridized carbons (Fsp3) is 0.529. The van der Waals surface area contributed by atoms with E-state index in [-0.39, 0.29) is 24.3 Å². The van der Waals surface area contributed by atoms with E-state index in [2.05, 4.69) is 0 Å². The van der Waals surface area contributed by atoms with Crippen LogP contribution in [0.15, 0.2) is 24.3 Å². The predicted molar refractivity (Wildman–Crippen MR) is 84.9 cm³/mol. The number of benzene rings is 1. The number of nitrogens with zero attached hydrogens (tertiary/aromatic N) is 1. The molecule has 1 saturated heterocycles. The molecule has 1 aromatic carbocycles. The van der Waals surface area contributed by atoms with Crippen LogP contribution in [0.5, 0.6) is 5.75 Å². The van der Waals surface area contributed by atoms with Crippen molar-refractivity contribution in [2.24, 2.45) is 11.7 Å². The van der Waals surface area contributed by atoms with Gasteiger partial charge in [-0.1, -0.05) is 12.1 Å². The summed E-state index contributed by atoms with van der Waals surface area (Å²) in [5, 5.41) is 0. The van der Waals surface area contributed by atoms with Gasteiger partial charge in [-0.25, -0.2) is 0 Å². The third kappa shape index (κ3) is 4.31. The Morgan fingerprint density at radius 1 is 1.45 bits per heavy atom. The Balaban J connectivity index is 1.89. The van der Waals surface area contributed by atoms with Gasteiger partial charge in [0.15, 0.2) is 12.4 Å². The van der Waals surface area contributed by atoms with Crippen molar-refractivity contribution >= 4 is 11.7 Å². The molecule has 0 bridgehead atoms. The zero-order chi connectivity index (χ0) is 16.1. The third-order valence-electron chi connectivity index (χ3n) is 4.16. The van der Waals surface area contributed by atoms with Gasteiger partial charge in [-0.3, -0.25) is 9.59 Å². The second kappa shape index (κ2) is 7.40. The maximum absolute atomic E-state index is 12.3. The predicted octanol–water partition coefficient (Wildman–Crippen LogP) is 1.85. The maximum Gasteiger partial charge on any atom is 0.260 e. The SMILES string of the molecule is CC(=O)c1cccc(OCC(=O)N2CCCC(C(C)N)C2)c1. The second-order valence-corrected chi connectivity index (χ2v) is 5.97. The summed E-state index contributed by atoms with van der Waals surface area (Å²) in [4.78, 5) is 25.4. The molecule has 22 heavy (non-hydrogen) atoms. The molecule has 0 aromatic heterocycles. The largest absolute Gasteiger partial charge is 0.484 e. The van der Waals surface area contributed by atoms with Crippen molar-refractivity contribution in [1.82, 2.24) is 4.90 Å². The molecule has 1 heterocycles. The van der Waals surface area contributed by atoms with Gasteiger partial charge in [0, 0.05) is 24.7 Å². The maximum atomic E-state index is 12.3. The Kier molecular flexibility index (Phi) is 5.55. The molecule has 0 saturated carbocycles. The Bertz CT molecular complexity index is 542. The van der Waals surface area contributed by atoms with E-state index in [9.17, 15) is 9.59 Å². The minimum atomic E-state index is -0.0291. The first-order valence-corrected chi connectivity index (χ1v) is 7.74. The van der Waals surface area contributed by atoms with Gasteiger partial charge in [0.2, 0.25) is 0 Å². The Morgan fingerprint density at radius 3 is 2.91 bits per heavy atom. The van der Waals surface area contributed by atoms with Crippen LogP contribution in [0.1, 0.15) is 37.0 Å². The first-order valence-electron chi connectivity index (χ1n) is 7.74. The van der Waals surface area contributed by atoms with Gasteiger partial charge in [0.1, 0.15) is 5.75 Å². The molecule has 1 fully saturated rings. The number of carbonyl (C=O) groups is 2. The zero-order valence-electron chi connectivity index (χ0n) is 13.2. The number of piperidine rings is 1. The van der Waals surface area contributed by atoms with E-state index in [1.807, 2.05) is 11.8 Å². The van der Waals surface area contributed by atoms with Crippen LogP contribution in [0.25, 0.3) is 0 Å². The molecular weight excluding hydrogens is 280 g/mol. The van der Waals surface area contributed by atoms with Crippen LogP contribution in [-0.4, -0.2) is 42.3 Å². The molecule has 0 radical (unpaired) electrons. The minimum Gasteiger partial charge on any atom is -0.484 e. The fourth-order valence-corrected chi connectivity index (χ4v) is 2.71. The van der Waals surface area contributed by atoms with E-state index < -0.39 is 0 Å². The van der Waals surface area contributed by atoms with Crippen molar-refractivity contribution in [1.29, 1.82) is 0 Å². The zero-order valence-corrected chi connectivity index (χ0v) is 13.2. The molecule has 5 heteroatoms. The molecule has 1 aliphatic rings. The molecule has 1 aromatic rings. The molecular formula is C17H24N2O3. The van der Waals surface area contributed by atoms with Crippen LogP contribution in [0.3, 0.4) is 0 Å². The molecule has 1 aliphatic heterocycles. The Morgan fingerprint density at radius 2 is 2.23 bits per heavy atom. The molecule has 0 spiro atoms. The van der Waals surface area contributed by atoms with E-state index >= 15 is 0 Å². The van der Waals surface area contributed by atoms with Gasteiger partial charge < -0.3 is 15.4 Å². The minimum absolute atomic E-state index is 0.00691. The lowest BCUT2D eigenvalue weighted by molar-refractivity contribution is -0.135. The lowest BCUT2D eigenvalue weighted by atomic mass is 9.92. The summed E-state index contributed by atoms with van der Waals surface area (Å²) in [5.41, 5.74) is 6.52. The highest BCUT2D eigenvalue weighted by Crippen LogP contribution is 2.19. The van der Waals surface area contributed by atoms with Gasteiger partial charge >= 0.3 is 0 Å². The summed E-state index contributed by atoms with van der Waals surface area (Å²) in [6.45, 7) is 4.95. The fourth-order valence-electron chi connectivity index (χ4n) is 2.71. The monoisotopic (exact) mass is 304 g/mol. The molecule has 0 aliphatic carbocycles. The number of ketones is 1. The van der Waals surface area contributed by atoms with Crippen LogP contribution in [-0.2, 0) is 4.79 Å². The van der Waals surface area contributed by atoms with E-state index in [1.165, 1.54) is 6.92 Å². The number of nitrogens with two attached hydrogens (primary N) is 1. The van der Waals surface area contributed by atoms with E-state index in [0.29, 0.717) is 23.8 Å². The van der Waals surface area contributed by atoms with Gasteiger partial charge in [-0.2, -0.15) is 0 Å². The van der Waals surface area contributed by atoms with Gasteiger partial charge in [-0.05, 0) is 44.7 Å². The van der Waals surface area contributed by atoms with Gasteiger partial charge in [-0.15, -0.1) is 0 Å². The van der Waals surface area contributed by atoms with Crippen molar-refractivity contribution in [2.75, 3.05) is 19.7 Å². The van der Waals surface area contributed by atoms with E-state index in [1.54, 1.807) is 24.3 Å². The van der Waals surface area contributed by atoms with E-state index in [4.69, 9.17) is 10.5 Å². The lowest BCUT2D eigenvalue weighted by Crippen LogP contribution is -2.46. The molecule has 2 unspecified atom stereocenters. The van der Waals surface area contributed by atoms with Crippen molar-refractivity contribution in [3.8, 4) is 5.75 Å². The first-order chi connectivity index (χ1) is 10.5. The molecule has 2 N–H and O–H groups in total. The molecule has 120 valence electrons. The highest BCUT2D eigenvalue weighted by Gasteiger charge is 2.25. The van der Waals surface area contributed by atoms with Crippen LogP contribution >= 0.6 is 0 Å². The van der Waals surface area contributed by atoms with Crippen LogP contribution in [0, 0.1) is 5.92 Å². The van der Waals surface area contributed by atoms with Gasteiger partial charge in [0.25, 0.3) is 5.91 Å². The van der Waals surface area contributed by atoms with Crippen molar-refractivity contribution in [2.45, 2.75) is 32.7 Å². The lowest BCUT2D eigenvalue weighted by Gasteiger charge is -2.34. The normalized spacial score (nSPS) is 19.6. The third-order valence-corrected chi connectivity index (χ3v) is 4.16. The standard InChI is InChI=1S/C17H24N2O3/c1-12(18)15-6-4-8-19(10-15)17(21)11-22-16-7-3-5-14(9-16)13(2)20/h3,5,7,9,12,15H,4,6,8,10-11,18H2,1-2H3. The number of hydrogen-bond acceptors (Lipinski definition) is 4. The summed E-state index contributed by atoms with van der Waals surface area (Å²) in [6.07, 6.45) is 2.06. The Labute approximate surface area is 131 Å². The average Bonchev–Trinajstić information content (AvgIpc) is 2.53. The number of likely N-dealkylation sites (tertiary alicyclic amines) is 1. The quantitative estimate of drug-likeness (QED) is 0.843. The first kappa shape index (κ1) is 16.5. The Hall–Kier alpha value is -1.88. The summed E-state index contributed by atoms with van der Waals surface area (Å²) in [6, 6.07) is 7.00. The molecule has 2 atom stereocenters. The summed E-state index contributed by atoms with van der Waals surface area (Å²) >= 11 is 0. The summed E-state index contributed by atoms with van der Waals surface area (Å²) in [5.74, 6) is 0.853. The molecule has 1 amide bonds. The van der Waals surface area contributed by atoms with Crippen molar-refractivity contribution in [3.63, 3.8) is 0 Å². The highest BCUT2D eigenvalue weighted by atomic mass is 16.5. The number of carbonyl (C=O) groups excluding carboxylic acids is 2. The summed E-state index contributed by atoms with van der Waals surface area (Å²) < 4.78 is 5.53.